The van der Waals surface area contributed by atoms with E-state index in [4.69, 9.17) is 4.74 Å². The summed E-state index contributed by atoms with van der Waals surface area (Å²) in [7, 11) is 1.62. The van der Waals surface area contributed by atoms with Gasteiger partial charge in [0.15, 0.2) is 0 Å². The molecule has 0 aromatic carbocycles. The van der Waals surface area contributed by atoms with Gasteiger partial charge in [0, 0.05) is 26.8 Å². The molecule has 106 valence electrons. The highest BCUT2D eigenvalue weighted by Crippen LogP contribution is 2.15. The lowest BCUT2D eigenvalue weighted by atomic mass is 10.00. The fraction of sp³-hybridized carbons (Fsp3) is 0.909. The predicted octanol–water partition coefficient (Wildman–Crippen LogP) is 1.02. The van der Waals surface area contributed by atoms with Gasteiger partial charge in [0.25, 0.3) is 0 Å². The zero-order valence-corrected chi connectivity index (χ0v) is 10.4. The molecule has 0 spiro atoms. The zero-order valence-electron chi connectivity index (χ0n) is 10.4. The molecule has 1 saturated heterocycles. The Hall–Kier alpha value is -0.820. The van der Waals surface area contributed by atoms with Crippen LogP contribution in [0.15, 0.2) is 0 Å². The maximum Gasteiger partial charge on any atom is 0.401 e. The second kappa shape index (κ2) is 6.94. The van der Waals surface area contributed by atoms with Crippen LogP contribution in [0, 0.1) is 5.92 Å². The van der Waals surface area contributed by atoms with Crippen molar-refractivity contribution in [3.63, 3.8) is 0 Å². The number of likely N-dealkylation sites (N-methyl/N-ethyl adjacent to an activating group) is 1. The Morgan fingerprint density at radius 3 is 2.56 bits per heavy atom. The molecular formula is C11H19F3N2O2. The summed E-state index contributed by atoms with van der Waals surface area (Å²) in [5.41, 5.74) is 0. The minimum atomic E-state index is -4.28. The number of carbonyl (C=O) groups is 1. The van der Waals surface area contributed by atoms with Crippen molar-refractivity contribution in [3.8, 4) is 0 Å². The molecule has 1 heterocycles. The van der Waals surface area contributed by atoms with Gasteiger partial charge in [-0.2, -0.15) is 13.2 Å². The number of hydrogen-bond acceptors (Lipinski definition) is 3. The number of nitrogens with one attached hydrogen (secondary N) is 1. The SMILES string of the molecule is CN(CC1CCOCC1)C(=O)CNCC(F)(F)F. The summed E-state index contributed by atoms with van der Waals surface area (Å²) < 4.78 is 40.8. The highest BCUT2D eigenvalue weighted by molar-refractivity contribution is 5.77. The summed E-state index contributed by atoms with van der Waals surface area (Å²) in [6, 6.07) is 0. The Morgan fingerprint density at radius 2 is 2.00 bits per heavy atom. The first-order valence-electron chi connectivity index (χ1n) is 5.97. The largest absolute Gasteiger partial charge is 0.401 e. The van der Waals surface area contributed by atoms with Crippen molar-refractivity contribution in [2.45, 2.75) is 19.0 Å². The van der Waals surface area contributed by atoms with E-state index in [0.717, 1.165) is 12.8 Å². The molecule has 1 fully saturated rings. The molecule has 0 saturated carbocycles. The molecule has 18 heavy (non-hydrogen) atoms. The van der Waals surface area contributed by atoms with Crippen LogP contribution >= 0.6 is 0 Å². The van der Waals surface area contributed by atoms with Gasteiger partial charge in [0.2, 0.25) is 5.91 Å². The first-order chi connectivity index (χ1) is 8.38. The topological polar surface area (TPSA) is 41.6 Å². The van der Waals surface area contributed by atoms with E-state index in [2.05, 4.69) is 5.32 Å². The van der Waals surface area contributed by atoms with Crippen LogP contribution in [0.25, 0.3) is 0 Å². The third-order valence-corrected chi connectivity index (χ3v) is 2.90. The lowest BCUT2D eigenvalue weighted by Crippen LogP contribution is -2.41. The molecule has 0 aromatic heterocycles. The van der Waals surface area contributed by atoms with Crippen LogP contribution in [0.2, 0.25) is 0 Å². The third-order valence-electron chi connectivity index (χ3n) is 2.90. The third kappa shape index (κ3) is 6.20. The smallest absolute Gasteiger partial charge is 0.381 e. The number of carbonyl (C=O) groups excluding carboxylic acids is 1. The Balaban J connectivity index is 2.19. The minimum absolute atomic E-state index is 0.279. The average Bonchev–Trinajstić information content (AvgIpc) is 2.28. The van der Waals surface area contributed by atoms with Crippen LogP contribution in [0.4, 0.5) is 13.2 Å². The normalized spacial score (nSPS) is 17.8. The molecule has 0 radical (unpaired) electrons. The lowest BCUT2D eigenvalue weighted by Gasteiger charge is -2.27. The molecule has 1 N–H and O–H groups in total. The fourth-order valence-electron chi connectivity index (χ4n) is 1.86. The molecule has 0 aliphatic carbocycles. The maximum absolute atomic E-state index is 11.9. The first kappa shape index (κ1) is 15.2. The molecule has 7 heteroatoms. The Labute approximate surface area is 104 Å². The van der Waals surface area contributed by atoms with Gasteiger partial charge in [0.05, 0.1) is 13.1 Å². The van der Waals surface area contributed by atoms with Gasteiger partial charge in [-0.15, -0.1) is 0 Å². The van der Waals surface area contributed by atoms with Crippen molar-refractivity contribution in [2.75, 3.05) is 39.9 Å². The molecule has 0 aromatic rings. The second-order valence-corrected chi connectivity index (χ2v) is 4.55. The van der Waals surface area contributed by atoms with Crippen molar-refractivity contribution >= 4 is 5.91 Å². The number of alkyl halides is 3. The van der Waals surface area contributed by atoms with E-state index in [9.17, 15) is 18.0 Å². The Kier molecular flexibility index (Phi) is 5.87. The number of ether oxygens (including phenoxy) is 1. The van der Waals surface area contributed by atoms with E-state index in [0.29, 0.717) is 25.7 Å². The van der Waals surface area contributed by atoms with Crippen LogP contribution in [-0.2, 0) is 9.53 Å². The van der Waals surface area contributed by atoms with Gasteiger partial charge in [0.1, 0.15) is 0 Å². The molecule has 0 bridgehead atoms. The molecule has 1 aliphatic rings. The number of halogens is 3. The summed E-state index contributed by atoms with van der Waals surface area (Å²) in [4.78, 5) is 13.1. The average molecular weight is 268 g/mol. The highest BCUT2D eigenvalue weighted by atomic mass is 19.4. The van der Waals surface area contributed by atoms with E-state index in [1.807, 2.05) is 0 Å². The minimum Gasteiger partial charge on any atom is -0.381 e. The summed E-state index contributed by atoms with van der Waals surface area (Å²) in [6.45, 7) is 0.553. The second-order valence-electron chi connectivity index (χ2n) is 4.55. The van der Waals surface area contributed by atoms with Gasteiger partial charge in [-0.3, -0.25) is 4.79 Å². The molecule has 0 unspecified atom stereocenters. The molecule has 1 amide bonds. The van der Waals surface area contributed by atoms with Crippen LogP contribution in [0.3, 0.4) is 0 Å². The lowest BCUT2D eigenvalue weighted by molar-refractivity contribution is -0.134. The number of rotatable bonds is 5. The number of nitrogens with zero attached hydrogens (tertiary/aromatic N) is 1. The number of hydrogen-bond donors (Lipinski definition) is 1. The molecule has 1 aliphatic heterocycles. The fourth-order valence-corrected chi connectivity index (χ4v) is 1.86. The van der Waals surface area contributed by atoms with Crippen molar-refractivity contribution in [2.24, 2.45) is 5.92 Å². The first-order valence-corrected chi connectivity index (χ1v) is 5.97. The standard InChI is InChI=1S/C11H19F3N2O2/c1-16(7-9-2-4-18-5-3-9)10(17)6-15-8-11(12,13)14/h9,15H,2-8H2,1H3. The Morgan fingerprint density at radius 1 is 1.39 bits per heavy atom. The maximum atomic E-state index is 11.9. The van der Waals surface area contributed by atoms with Gasteiger partial charge in [-0.05, 0) is 18.8 Å². The summed E-state index contributed by atoms with van der Waals surface area (Å²) >= 11 is 0. The zero-order chi connectivity index (χ0) is 13.6. The van der Waals surface area contributed by atoms with Crippen LogP contribution in [-0.4, -0.2) is 56.9 Å². The van der Waals surface area contributed by atoms with Crippen molar-refractivity contribution < 1.29 is 22.7 Å². The van der Waals surface area contributed by atoms with E-state index < -0.39 is 12.7 Å². The molecular weight excluding hydrogens is 249 g/mol. The van der Waals surface area contributed by atoms with Crippen molar-refractivity contribution in [1.29, 1.82) is 0 Å². The molecule has 0 atom stereocenters. The van der Waals surface area contributed by atoms with Crippen molar-refractivity contribution in [1.82, 2.24) is 10.2 Å². The van der Waals surface area contributed by atoms with E-state index in [1.165, 1.54) is 4.90 Å². The number of amides is 1. The highest BCUT2D eigenvalue weighted by Gasteiger charge is 2.27. The van der Waals surface area contributed by atoms with Crippen LogP contribution < -0.4 is 5.32 Å². The molecule has 4 nitrogen and oxygen atoms in total. The quantitative estimate of drug-likeness (QED) is 0.809. The summed E-state index contributed by atoms with van der Waals surface area (Å²) in [5.74, 6) is 0.0704. The van der Waals surface area contributed by atoms with Gasteiger partial charge < -0.3 is 15.0 Å². The Bertz CT molecular complexity index is 266. The predicted molar refractivity (Wildman–Crippen MR) is 60.1 cm³/mol. The van der Waals surface area contributed by atoms with E-state index in [-0.39, 0.29) is 12.5 Å². The van der Waals surface area contributed by atoms with Gasteiger partial charge >= 0.3 is 6.18 Å². The van der Waals surface area contributed by atoms with Gasteiger partial charge in [-0.25, -0.2) is 0 Å². The molecule has 1 rings (SSSR count). The summed E-state index contributed by atoms with van der Waals surface area (Å²) in [6.07, 6.45) is -2.49. The monoisotopic (exact) mass is 268 g/mol. The van der Waals surface area contributed by atoms with Gasteiger partial charge in [-0.1, -0.05) is 0 Å². The van der Waals surface area contributed by atoms with E-state index >= 15 is 0 Å². The van der Waals surface area contributed by atoms with Crippen molar-refractivity contribution in [3.05, 3.63) is 0 Å². The van der Waals surface area contributed by atoms with Crippen LogP contribution in [0.5, 0.6) is 0 Å². The summed E-state index contributed by atoms with van der Waals surface area (Å²) in [5, 5.41) is 2.10. The van der Waals surface area contributed by atoms with Crippen LogP contribution in [0.1, 0.15) is 12.8 Å². The van der Waals surface area contributed by atoms with E-state index in [1.54, 1.807) is 7.05 Å².